The van der Waals surface area contributed by atoms with Crippen molar-refractivity contribution >= 4 is 16.0 Å². The third kappa shape index (κ3) is 3.72. The van der Waals surface area contributed by atoms with Gasteiger partial charge in [0.1, 0.15) is 0 Å². The molecule has 1 saturated heterocycles. The molecule has 0 aromatic heterocycles. The van der Waals surface area contributed by atoms with Crippen molar-refractivity contribution in [3.63, 3.8) is 0 Å². The van der Waals surface area contributed by atoms with E-state index in [1.807, 2.05) is 19.2 Å². The van der Waals surface area contributed by atoms with Crippen LogP contribution in [0, 0.1) is 5.92 Å². The van der Waals surface area contributed by atoms with E-state index in [1.54, 1.807) is 16.4 Å². The summed E-state index contributed by atoms with van der Waals surface area (Å²) in [5.41, 5.74) is 1.05. The summed E-state index contributed by atoms with van der Waals surface area (Å²) in [7, 11) is -1.36. The van der Waals surface area contributed by atoms with Crippen LogP contribution < -0.4 is 5.32 Å². The van der Waals surface area contributed by atoms with Crippen LogP contribution in [0.4, 0.5) is 0 Å². The molecule has 3 rings (SSSR count). The minimum atomic E-state index is -3.37. The lowest BCUT2D eigenvalue weighted by atomic mass is 10.0. The molecule has 1 aromatic rings. The molecule has 0 radical (unpaired) electrons. The van der Waals surface area contributed by atoms with Crippen molar-refractivity contribution in [2.24, 2.45) is 10.9 Å². The summed E-state index contributed by atoms with van der Waals surface area (Å²) in [6, 6.07) is 7.18. The van der Waals surface area contributed by atoms with Crippen LogP contribution in [0.15, 0.2) is 34.2 Å². The fourth-order valence-corrected chi connectivity index (χ4v) is 4.80. The lowest BCUT2D eigenvalue weighted by Gasteiger charge is -2.30. The van der Waals surface area contributed by atoms with Gasteiger partial charge in [-0.2, -0.15) is 4.31 Å². The first kappa shape index (κ1) is 17.2. The predicted octanol–water partition coefficient (Wildman–Crippen LogP) is 1.50. The van der Waals surface area contributed by atoms with E-state index in [0.717, 1.165) is 37.5 Å². The second-order valence-corrected chi connectivity index (χ2v) is 8.67. The molecular formula is C17H26N4O2S. The largest absolute Gasteiger partial charge is 0.352 e. The van der Waals surface area contributed by atoms with Crippen LogP contribution in [0.2, 0.25) is 0 Å². The quantitative estimate of drug-likeness (QED) is 0.894. The number of sulfonamides is 1. The molecule has 0 bridgehead atoms. The Labute approximate surface area is 144 Å². The topological polar surface area (TPSA) is 65.0 Å². The SMILES string of the molecule is CC1CCCN(S(=O)(=O)c2ccc(CNC3=NCCN3C)cc2)C1. The summed E-state index contributed by atoms with van der Waals surface area (Å²) in [6.07, 6.45) is 2.05. The van der Waals surface area contributed by atoms with Crippen molar-refractivity contribution in [2.75, 3.05) is 33.2 Å². The number of hydrogen-bond donors (Lipinski definition) is 1. The number of aliphatic imine (C=N–C) groups is 1. The Bertz CT molecular complexity index is 700. The number of rotatable bonds is 4. The molecule has 6 nitrogen and oxygen atoms in total. The first-order valence-electron chi connectivity index (χ1n) is 8.55. The molecule has 1 fully saturated rings. The highest BCUT2D eigenvalue weighted by molar-refractivity contribution is 7.89. The number of guanidine groups is 1. The smallest absolute Gasteiger partial charge is 0.243 e. The number of likely N-dealkylation sites (N-methyl/N-ethyl adjacent to an activating group) is 1. The van der Waals surface area contributed by atoms with Gasteiger partial charge in [-0.15, -0.1) is 0 Å². The highest BCUT2D eigenvalue weighted by atomic mass is 32.2. The molecule has 2 aliphatic rings. The summed E-state index contributed by atoms with van der Waals surface area (Å²) in [5, 5.41) is 3.29. The van der Waals surface area contributed by atoms with Crippen LogP contribution in [0.1, 0.15) is 25.3 Å². The van der Waals surface area contributed by atoms with Gasteiger partial charge in [-0.05, 0) is 36.5 Å². The standard InChI is InChI=1S/C17H26N4O2S/c1-14-4-3-10-21(13-14)24(22,23)16-7-5-15(6-8-16)12-19-17-18-9-11-20(17)2/h5-8,14H,3-4,9-13H2,1-2H3,(H,18,19). The summed E-state index contributed by atoms with van der Waals surface area (Å²) in [4.78, 5) is 6.85. The zero-order valence-corrected chi connectivity index (χ0v) is 15.2. The van der Waals surface area contributed by atoms with E-state index in [4.69, 9.17) is 0 Å². The van der Waals surface area contributed by atoms with Crippen molar-refractivity contribution in [3.8, 4) is 0 Å². The van der Waals surface area contributed by atoms with Crippen molar-refractivity contribution < 1.29 is 8.42 Å². The Morgan fingerprint density at radius 2 is 2.00 bits per heavy atom. The van der Waals surface area contributed by atoms with E-state index in [-0.39, 0.29) is 0 Å². The predicted molar refractivity (Wildman–Crippen MR) is 95.4 cm³/mol. The average molecular weight is 350 g/mol. The first-order chi connectivity index (χ1) is 11.5. The van der Waals surface area contributed by atoms with Crippen LogP contribution in [0.5, 0.6) is 0 Å². The van der Waals surface area contributed by atoms with Gasteiger partial charge in [0.2, 0.25) is 10.0 Å². The van der Waals surface area contributed by atoms with Crippen LogP contribution in [0.25, 0.3) is 0 Å². The maximum absolute atomic E-state index is 12.7. The third-order valence-corrected chi connectivity index (χ3v) is 6.57. The fourth-order valence-electron chi connectivity index (χ4n) is 3.20. The highest BCUT2D eigenvalue weighted by Crippen LogP contribution is 2.23. The van der Waals surface area contributed by atoms with Crippen molar-refractivity contribution in [3.05, 3.63) is 29.8 Å². The zero-order valence-electron chi connectivity index (χ0n) is 14.4. The lowest BCUT2D eigenvalue weighted by molar-refractivity contribution is 0.281. The Morgan fingerprint density at radius 1 is 1.25 bits per heavy atom. The molecule has 0 aliphatic carbocycles. The molecule has 24 heavy (non-hydrogen) atoms. The van der Waals surface area contributed by atoms with E-state index in [0.29, 0.717) is 30.4 Å². The first-order valence-corrected chi connectivity index (χ1v) is 9.99. The van der Waals surface area contributed by atoms with Crippen LogP contribution in [0.3, 0.4) is 0 Å². The average Bonchev–Trinajstić information content (AvgIpc) is 2.98. The molecule has 1 atom stereocenters. The second kappa shape index (κ2) is 7.11. The number of hydrogen-bond acceptors (Lipinski definition) is 5. The molecule has 2 aliphatic heterocycles. The van der Waals surface area contributed by atoms with E-state index < -0.39 is 10.0 Å². The molecule has 1 N–H and O–H groups in total. The number of piperidine rings is 1. The van der Waals surface area contributed by atoms with E-state index in [1.165, 1.54) is 0 Å². The normalized spacial score (nSPS) is 22.5. The maximum Gasteiger partial charge on any atom is 0.243 e. The molecule has 1 aromatic carbocycles. The summed E-state index contributed by atoms with van der Waals surface area (Å²) >= 11 is 0. The van der Waals surface area contributed by atoms with Crippen LogP contribution in [-0.4, -0.2) is 56.8 Å². The Hall–Kier alpha value is -1.60. The molecular weight excluding hydrogens is 324 g/mol. The van der Waals surface area contributed by atoms with Crippen LogP contribution >= 0.6 is 0 Å². The molecule has 2 heterocycles. The van der Waals surface area contributed by atoms with E-state index in [9.17, 15) is 8.42 Å². The van der Waals surface area contributed by atoms with Gasteiger partial charge in [-0.3, -0.25) is 4.99 Å². The van der Waals surface area contributed by atoms with Gasteiger partial charge in [0.05, 0.1) is 11.4 Å². The molecule has 1 unspecified atom stereocenters. The summed E-state index contributed by atoms with van der Waals surface area (Å²) < 4.78 is 27.1. The Balaban J connectivity index is 1.65. The van der Waals surface area contributed by atoms with Crippen LogP contribution in [-0.2, 0) is 16.6 Å². The van der Waals surface area contributed by atoms with Gasteiger partial charge < -0.3 is 10.2 Å². The van der Waals surface area contributed by atoms with Gasteiger partial charge in [-0.1, -0.05) is 19.1 Å². The van der Waals surface area contributed by atoms with Gasteiger partial charge in [0.25, 0.3) is 0 Å². The maximum atomic E-state index is 12.7. The minimum absolute atomic E-state index is 0.385. The van der Waals surface area contributed by atoms with E-state index in [2.05, 4.69) is 22.1 Å². The Kier molecular flexibility index (Phi) is 5.10. The summed E-state index contributed by atoms with van der Waals surface area (Å²) in [5.74, 6) is 1.33. The third-order valence-electron chi connectivity index (χ3n) is 4.69. The zero-order chi connectivity index (χ0) is 17.2. The number of nitrogens with zero attached hydrogens (tertiary/aromatic N) is 3. The minimum Gasteiger partial charge on any atom is -0.352 e. The van der Waals surface area contributed by atoms with Gasteiger partial charge in [0, 0.05) is 33.2 Å². The molecule has 0 amide bonds. The molecule has 0 spiro atoms. The fraction of sp³-hybridized carbons (Fsp3) is 0.588. The second-order valence-electron chi connectivity index (χ2n) is 6.73. The van der Waals surface area contributed by atoms with Gasteiger partial charge in [-0.25, -0.2) is 8.42 Å². The van der Waals surface area contributed by atoms with E-state index >= 15 is 0 Å². The van der Waals surface area contributed by atoms with Crippen molar-refractivity contribution in [1.82, 2.24) is 14.5 Å². The van der Waals surface area contributed by atoms with Crippen molar-refractivity contribution in [1.29, 1.82) is 0 Å². The molecule has 132 valence electrons. The number of benzene rings is 1. The highest BCUT2D eigenvalue weighted by Gasteiger charge is 2.28. The number of nitrogens with one attached hydrogen (secondary N) is 1. The van der Waals surface area contributed by atoms with Crippen molar-refractivity contribution in [2.45, 2.75) is 31.2 Å². The summed E-state index contributed by atoms with van der Waals surface area (Å²) in [6.45, 7) is 5.77. The van der Waals surface area contributed by atoms with Gasteiger partial charge >= 0.3 is 0 Å². The molecule has 0 saturated carbocycles. The monoisotopic (exact) mass is 350 g/mol. The lowest BCUT2D eigenvalue weighted by Crippen LogP contribution is -2.39. The van der Waals surface area contributed by atoms with Gasteiger partial charge in [0.15, 0.2) is 5.96 Å². The Morgan fingerprint density at radius 3 is 2.62 bits per heavy atom. The molecule has 7 heteroatoms.